The van der Waals surface area contributed by atoms with Gasteiger partial charge in [0.15, 0.2) is 0 Å². The van der Waals surface area contributed by atoms with Crippen LogP contribution in [-0.4, -0.2) is 29.0 Å². The standard InChI is InChI=1S/C22H24N4O/c1-15-16(2)24-21-14-17(6-11-20(21)23-15)22(27)25-18-7-9-19(10-8-18)26-12-4-3-5-13-26/h6-11,14H,3-5,12-13H2,1-2H3,(H,25,27). The maximum Gasteiger partial charge on any atom is 0.255 e. The van der Waals surface area contributed by atoms with Crippen molar-refractivity contribution in [3.8, 4) is 0 Å². The van der Waals surface area contributed by atoms with Crippen molar-refractivity contribution in [1.29, 1.82) is 0 Å². The Balaban J connectivity index is 1.50. The molecular weight excluding hydrogens is 336 g/mol. The third kappa shape index (κ3) is 3.77. The molecule has 5 heteroatoms. The summed E-state index contributed by atoms with van der Waals surface area (Å²) in [4.78, 5) is 24.1. The van der Waals surface area contributed by atoms with Crippen molar-refractivity contribution >= 4 is 28.3 Å². The number of aromatic nitrogens is 2. The smallest absolute Gasteiger partial charge is 0.255 e. The zero-order valence-electron chi connectivity index (χ0n) is 15.8. The summed E-state index contributed by atoms with van der Waals surface area (Å²) >= 11 is 0. The van der Waals surface area contributed by atoms with E-state index in [2.05, 4.69) is 32.3 Å². The first-order valence-corrected chi connectivity index (χ1v) is 9.51. The molecule has 4 rings (SSSR count). The summed E-state index contributed by atoms with van der Waals surface area (Å²) in [5.41, 5.74) is 5.94. The molecule has 0 aliphatic carbocycles. The van der Waals surface area contributed by atoms with Gasteiger partial charge in [-0.2, -0.15) is 0 Å². The van der Waals surface area contributed by atoms with Gasteiger partial charge in [-0.25, -0.2) is 9.97 Å². The van der Waals surface area contributed by atoms with E-state index in [1.165, 1.54) is 24.9 Å². The van der Waals surface area contributed by atoms with E-state index in [1.54, 1.807) is 12.1 Å². The molecule has 1 N–H and O–H groups in total. The molecule has 1 aliphatic heterocycles. The minimum Gasteiger partial charge on any atom is -0.372 e. The van der Waals surface area contributed by atoms with Crippen molar-refractivity contribution in [3.63, 3.8) is 0 Å². The van der Waals surface area contributed by atoms with E-state index in [4.69, 9.17) is 0 Å². The fraction of sp³-hybridized carbons (Fsp3) is 0.318. The van der Waals surface area contributed by atoms with Gasteiger partial charge in [-0.15, -0.1) is 0 Å². The number of piperidine rings is 1. The number of carbonyl (C=O) groups excluding carboxylic acids is 1. The molecule has 0 radical (unpaired) electrons. The first kappa shape index (κ1) is 17.5. The predicted octanol–water partition coefficient (Wildman–Crippen LogP) is 4.49. The van der Waals surface area contributed by atoms with Crippen LogP contribution in [0.3, 0.4) is 0 Å². The molecule has 0 unspecified atom stereocenters. The van der Waals surface area contributed by atoms with Gasteiger partial charge in [0.25, 0.3) is 5.91 Å². The van der Waals surface area contributed by atoms with Crippen molar-refractivity contribution in [3.05, 3.63) is 59.4 Å². The quantitative estimate of drug-likeness (QED) is 0.748. The van der Waals surface area contributed by atoms with E-state index >= 15 is 0 Å². The molecule has 1 aromatic heterocycles. The van der Waals surface area contributed by atoms with Crippen LogP contribution in [0, 0.1) is 13.8 Å². The second kappa shape index (κ2) is 7.35. The van der Waals surface area contributed by atoms with Crippen LogP contribution in [0.4, 0.5) is 11.4 Å². The molecule has 1 saturated heterocycles. The molecule has 0 atom stereocenters. The molecule has 1 fully saturated rings. The Morgan fingerprint density at radius 2 is 1.56 bits per heavy atom. The highest BCUT2D eigenvalue weighted by Crippen LogP contribution is 2.22. The zero-order valence-corrected chi connectivity index (χ0v) is 15.8. The van der Waals surface area contributed by atoms with Gasteiger partial charge in [-0.3, -0.25) is 4.79 Å². The highest BCUT2D eigenvalue weighted by molar-refractivity contribution is 6.05. The van der Waals surface area contributed by atoms with Crippen molar-refractivity contribution in [2.45, 2.75) is 33.1 Å². The molecule has 2 heterocycles. The van der Waals surface area contributed by atoms with Crippen LogP contribution in [-0.2, 0) is 0 Å². The third-order valence-electron chi connectivity index (χ3n) is 5.18. The number of fused-ring (bicyclic) bond motifs is 1. The van der Waals surface area contributed by atoms with E-state index in [9.17, 15) is 4.79 Å². The lowest BCUT2D eigenvalue weighted by Gasteiger charge is -2.28. The number of rotatable bonds is 3. The van der Waals surface area contributed by atoms with Crippen LogP contribution >= 0.6 is 0 Å². The summed E-state index contributed by atoms with van der Waals surface area (Å²) < 4.78 is 0. The lowest BCUT2D eigenvalue weighted by Crippen LogP contribution is -2.29. The summed E-state index contributed by atoms with van der Waals surface area (Å²) in [7, 11) is 0. The molecular formula is C22H24N4O. The number of hydrogen-bond donors (Lipinski definition) is 1. The number of nitrogens with zero attached hydrogens (tertiary/aromatic N) is 3. The van der Waals surface area contributed by atoms with E-state index < -0.39 is 0 Å². The van der Waals surface area contributed by atoms with Gasteiger partial charge in [-0.05, 0) is 75.6 Å². The van der Waals surface area contributed by atoms with Crippen molar-refractivity contribution in [2.75, 3.05) is 23.3 Å². The Morgan fingerprint density at radius 1 is 0.889 bits per heavy atom. The third-order valence-corrected chi connectivity index (χ3v) is 5.18. The van der Waals surface area contributed by atoms with Gasteiger partial charge in [0.05, 0.1) is 22.4 Å². The normalized spacial score (nSPS) is 14.4. The largest absolute Gasteiger partial charge is 0.372 e. The van der Waals surface area contributed by atoms with Crippen LogP contribution in [0.15, 0.2) is 42.5 Å². The van der Waals surface area contributed by atoms with Gasteiger partial charge in [0.2, 0.25) is 0 Å². The number of nitrogens with one attached hydrogen (secondary N) is 1. The molecule has 1 aliphatic rings. The maximum atomic E-state index is 12.6. The van der Waals surface area contributed by atoms with Crippen molar-refractivity contribution < 1.29 is 4.79 Å². The maximum absolute atomic E-state index is 12.6. The summed E-state index contributed by atoms with van der Waals surface area (Å²) in [6, 6.07) is 13.5. The molecule has 0 spiro atoms. The first-order valence-electron chi connectivity index (χ1n) is 9.51. The number of amides is 1. The minimum atomic E-state index is -0.136. The molecule has 2 aromatic carbocycles. The minimum absolute atomic E-state index is 0.136. The van der Waals surface area contributed by atoms with Gasteiger partial charge in [0.1, 0.15) is 0 Å². The average Bonchev–Trinajstić information content (AvgIpc) is 2.70. The highest BCUT2D eigenvalue weighted by atomic mass is 16.1. The SMILES string of the molecule is Cc1nc2ccc(C(=O)Nc3ccc(N4CCCCC4)cc3)cc2nc1C. The van der Waals surface area contributed by atoms with Gasteiger partial charge in [0, 0.05) is 30.0 Å². The number of anilines is 2. The van der Waals surface area contributed by atoms with Crippen LogP contribution in [0.25, 0.3) is 11.0 Å². The van der Waals surface area contributed by atoms with Gasteiger partial charge < -0.3 is 10.2 Å². The Morgan fingerprint density at radius 3 is 2.26 bits per heavy atom. The second-order valence-electron chi connectivity index (χ2n) is 7.15. The molecule has 3 aromatic rings. The molecule has 138 valence electrons. The van der Waals surface area contributed by atoms with E-state index in [1.807, 2.05) is 32.0 Å². The Labute approximate surface area is 159 Å². The fourth-order valence-electron chi connectivity index (χ4n) is 3.48. The van der Waals surface area contributed by atoms with Crippen LogP contribution in [0.5, 0.6) is 0 Å². The first-order chi connectivity index (χ1) is 13.1. The van der Waals surface area contributed by atoms with Crippen molar-refractivity contribution in [2.24, 2.45) is 0 Å². The monoisotopic (exact) mass is 360 g/mol. The molecule has 0 bridgehead atoms. The molecule has 0 saturated carbocycles. The lowest BCUT2D eigenvalue weighted by atomic mass is 10.1. The van der Waals surface area contributed by atoms with Crippen molar-refractivity contribution in [1.82, 2.24) is 9.97 Å². The summed E-state index contributed by atoms with van der Waals surface area (Å²) in [6.45, 7) is 6.10. The van der Waals surface area contributed by atoms with E-state index in [0.29, 0.717) is 5.56 Å². The summed E-state index contributed by atoms with van der Waals surface area (Å²) in [5.74, 6) is -0.136. The van der Waals surface area contributed by atoms with Gasteiger partial charge in [-0.1, -0.05) is 0 Å². The summed E-state index contributed by atoms with van der Waals surface area (Å²) in [6.07, 6.45) is 3.82. The Bertz CT molecular complexity index is 976. The molecule has 5 nitrogen and oxygen atoms in total. The second-order valence-corrected chi connectivity index (χ2v) is 7.15. The van der Waals surface area contributed by atoms with E-state index in [0.717, 1.165) is 41.2 Å². The molecule has 1 amide bonds. The van der Waals surface area contributed by atoms with Crippen LogP contribution < -0.4 is 10.2 Å². The van der Waals surface area contributed by atoms with E-state index in [-0.39, 0.29) is 5.91 Å². The molecule has 27 heavy (non-hydrogen) atoms. The topological polar surface area (TPSA) is 58.1 Å². The van der Waals surface area contributed by atoms with Crippen LogP contribution in [0.2, 0.25) is 0 Å². The number of benzene rings is 2. The summed E-state index contributed by atoms with van der Waals surface area (Å²) in [5, 5.41) is 2.97. The average molecular weight is 360 g/mol. The zero-order chi connectivity index (χ0) is 18.8. The number of aryl methyl sites for hydroxylation is 2. The number of hydrogen-bond acceptors (Lipinski definition) is 4. The van der Waals surface area contributed by atoms with Crippen LogP contribution in [0.1, 0.15) is 41.0 Å². The lowest BCUT2D eigenvalue weighted by molar-refractivity contribution is 0.102. The fourth-order valence-corrected chi connectivity index (χ4v) is 3.48. The van der Waals surface area contributed by atoms with Gasteiger partial charge >= 0.3 is 0 Å². The highest BCUT2D eigenvalue weighted by Gasteiger charge is 2.12. The number of carbonyl (C=O) groups is 1. The predicted molar refractivity (Wildman–Crippen MR) is 109 cm³/mol. The Hall–Kier alpha value is -2.95. The Kier molecular flexibility index (Phi) is 4.75.